The van der Waals surface area contributed by atoms with Gasteiger partial charge in [0.1, 0.15) is 5.82 Å². The summed E-state index contributed by atoms with van der Waals surface area (Å²) in [5, 5.41) is 21.8. The number of benzene rings is 1. The lowest BCUT2D eigenvalue weighted by molar-refractivity contribution is 0.000592. The Balaban J connectivity index is 2.63. The van der Waals surface area contributed by atoms with Gasteiger partial charge in [0.25, 0.3) is 0 Å². The van der Waals surface area contributed by atoms with Crippen molar-refractivity contribution in [2.45, 2.75) is 31.9 Å². The Hall–Kier alpha value is -0.970. The minimum Gasteiger partial charge on any atom is -0.393 e. The van der Waals surface area contributed by atoms with E-state index in [1.807, 2.05) is 6.92 Å². The smallest absolute Gasteiger partial charge is 0.123 e. The van der Waals surface area contributed by atoms with Crippen LogP contribution in [0.15, 0.2) is 24.3 Å². The van der Waals surface area contributed by atoms with Crippen molar-refractivity contribution in [3.05, 3.63) is 35.6 Å². The summed E-state index contributed by atoms with van der Waals surface area (Å²) in [5.41, 5.74) is -0.157. The van der Waals surface area contributed by atoms with E-state index in [0.29, 0.717) is 6.54 Å². The third kappa shape index (κ3) is 4.42. The van der Waals surface area contributed by atoms with Gasteiger partial charge in [-0.25, -0.2) is 4.39 Å². The van der Waals surface area contributed by atoms with Crippen LogP contribution in [0.4, 0.5) is 4.39 Å². The maximum absolute atomic E-state index is 12.8. The van der Waals surface area contributed by atoms with Gasteiger partial charge >= 0.3 is 0 Å². The predicted octanol–water partition coefficient (Wildman–Crippen LogP) is 1.61. The van der Waals surface area contributed by atoms with Crippen molar-refractivity contribution in [3.8, 4) is 0 Å². The zero-order valence-electron chi connectivity index (χ0n) is 10.3. The first-order chi connectivity index (χ1) is 7.98. The monoisotopic (exact) mass is 241 g/mol. The van der Waals surface area contributed by atoms with Gasteiger partial charge in [-0.15, -0.1) is 0 Å². The first-order valence-electron chi connectivity index (χ1n) is 5.80. The van der Waals surface area contributed by atoms with E-state index in [1.54, 1.807) is 19.1 Å². The molecular weight excluding hydrogens is 221 g/mol. The van der Waals surface area contributed by atoms with Crippen molar-refractivity contribution in [2.24, 2.45) is 0 Å². The lowest BCUT2D eigenvalue weighted by Gasteiger charge is -2.25. The molecule has 0 aromatic heterocycles. The maximum atomic E-state index is 12.8. The van der Waals surface area contributed by atoms with Gasteiger partial charge in [-0.1, -0.05) is 19.1 Å². The summed E-state index contributed by atoms with van der Waals surface area (Å²) in [6.07, 6.45) is 0.827. The third-order valence-electron chi connectivity index (χ3n) is 2.75. The van der Waals surface area contributed by atoms with Crippen LogP contribution in [0.25, 0.3) is 0 Å². The van der Waals surface area contributed by atoms with Gasteiger partial charge in [-0.3, -0.25) is 0 Å². The molecule has 0 spiro atoms. The highest BCUT2D eigenvalue weighted by molar-refractivity contribution is 5.19. The Bertz CT molecular complexity index is 338. The Morgan fingerprint density at radius 3 is 2.41 bits per heavy atom. The second-order valence-corrected chi connectivity index (χ2v) is 4.55. The molecule has 0 aliphatic heterocycles. The van der Waals surface area contributed by atoms with Crippen molar-refractivity contribution in [2.75, 3.05) is 13.2 Å². The molecule has 2 atom stereocenters. The highest BCUT2D eigenvalue weighted by atomic mass is 19.1. The van der Waals surface area contributed by atoms with Crippen LogP contribution in [-0.2, 0) is 0 Å². The summed E-state index contributed by atoms with van der Waals surface area (Å²) in [4.78, 5) is 0. The lowest BCUT2D eigenvalue weighted by atomic mass is 10.0. The fraction of sp³-hybridized carbons (Fsp3) is 0.538. The summed E-state index contributed by atoms with van der Waals surface area (Å²) in [7, 11) is 0. The maximum Gasteiger partial charge on any atom is 0.123 e. The molecule has 0 aliphatic rings. The van der Waals surface area contributed by atoms with Crippen LogP contribution < -0.4 is 5.32 Å². The molecule has 0 saturated heterocycles. The molecule has 17 heavy (non-hydrogen) atoms. The van der Waals surface area contributed by atoms with E-state index in [1.165, 1.54) is 12.1 Å². The molecular formula is C13H20FNO2. The standard InChI is InChI=1S/C13H20FNO2/c1-3-12(15-8-13(2,17)9-16)10-4-6-11(14)7-5-10/h4-7,12,15-17H,3,8-9H2,1-2H3. The number of aliphatic hydroxyl groups excluding tert-OH is 1. The average molecular weight is 241 g/mol. The SMILES string of the molecule is CCC(NCC(C)(O)CO)c1ccc(F)cc1. The quantitative estimate of drug-likeness (QED) is 0.709. The minimum absolute atomic E-state index is 0.0497. The summed E-state index contributed by atoms with van der Waals surface area (Å²) >= 11 is 0. The highest BCUT2D eigenvalue weighted by Crippen LogP contribution is 2.17. The first-order valence-corrected chi connectivity index (χ1v) is 5.80. The number of hydrogen-bond donors (Lipinski definition) is 3. The zero-order chi connectivity index (χ0) is 12.9. The Morgan fingerprint density at radius 2 is 1.94 bits per heavy atom. The van der Waals surface area contributed by atoms with E-state index in [9.17, 15) is 9.50 Å². The van der Waals surface area contributed by atoms with Gasteiger partial charge in [0.2, 0.25) is 0 Å². The number of rotatable bonds is 6. The Kier molecular flexibility index (Phi) is 5.05. The molecule has 0 radical (unpaired) electrons. The van der Waals surface area contributed by atoms with Gasteiger partial charge in [0, 0.05) is 12.6 Å². The van der Waals surface area contributed by atoms with Crippen LogP contribution in [0.1, 0.15) is 31.9 Å². The summed E-state index contributed by atoms with van der Waals surface area (Å²) in [6.45, 7) is 3.57. The third-order valence-corrected chi connectivity index (χ3v) is 2.75. The molecule has 96 valence electrons. The molecule has 0 saturated carbocycles. The highest BCUT2D eigenvalue weighted by Gasteiger charge is 2.20. The topological polar surface area (TPSA) is 52.5 Å². The van der Waals surface area contributed by atoms with Crippen molar-refractivity contribution in [3.63, 3.8) is 0 Å². The van der Waals surface area contributed by atoms with Gasteiger partial charge in [-0.2, -0.15) is 0 Å². The summed E-state index contributed by atoms with van der Waals surface area (Å²) in [5.74, 6) is -0.258. The van der Waals surface area contributed by atoms with E-state index in [-0.39, 0.29) is 18.5 Å². The van der Waals surface area contributed by atoms with E-state index in [4.69, 9.17) is 5.11 Å². The number of nitrogens with one attached hydrogen (secondary N) is 1. The number of halogens is 1. The van der Waals surface area contributed by atoms with Crippen LogP contribution in [-0.4, -0.2) is 29.0 Å². The second-order valence-electron chi connectivity index (χ2n) is 4.55. The Labute approximate surface area is 101 Å². The van der Waals surface area contributed by atoms with Crippen molar-refractivity contribution in [1.82, 2.24) is 5.32 Å². The van der Waals surface area contributed by atoms with Crippen LogP contribution in [0.3, 0.4) is 0 Å². The van der Waals surface area contributed by atoms with Crippen molar-refractivity contribution in [1.29, 1.82) is 0 Å². The van der Waals surface area contributed by atoms with Crippen molar-refractivity contribution >= 4 is 0 Å². The average Bonchev–Trinajstić information content (AvgIpc) is 2.32. The van der Waals surface area contributed by atoms with Gasteiger partial charge < -0.3 is 15.5 Å². The van der Waals surface area contributed by atoms with Crippen LogP contribution >= 0.6 is 0 Å². The van der Waals surface area contributed by atoms with Gasteiger partial charge in [-0.05, 0) is 31.0 Å². The van der Waals surface area contributed by atoms with Crippen LogP contribution in [0, 0.1) is 5.82 Å². The molecule has 0 heterocycles. The molecule has 3 nitrogen and oxygen atoms in total. The lowest BCUT2D eigenvalue weighted by Crippen LogP contribution is -2.42. The normalized spacial score (nSPS) is 16.5. The minimum atomic E-state index is -1.13. The van der Waals surface area contributed by atoms with Crippen LogP contribution in [0.2, 0.25) is 0 Å². The fourth-order valence-electron chi connectivity index (χ4n) is 1.59. The van der Waals surface area contributed by atoms with Gasteiger partial charge in [0.05, 0.1) is 12.2 Å². The fourth-order valence-corrected chi connectivity index (χ4v) is 1.59. The second kappa shape index (κ2) is 6.10. The molecule has 4 heteroatoms. The van der Waals surface area contributed by atoms with E-state index >= 15 is 0 Å². The summed E-state index contributed by atoms with van der Waals surface area (Å²) < 4.78 is 12.8. The number of aliphatic hydroxyl groups is 2. The van der Waals surface area contributed by atoms with E-state index < -0.39 is 5.60 Å². The van der Waals surface area contributed by atoms with E-state index in [2.05, 4.69) is 5.32 Å². The number of hydrogen-bond acceptors (Lipinski definition) is 3. The zero-order valence-corrected chi connectivity index (χ0v) is 10.3. The molecule has 0 bridgehead atoms. The molecule has 0 amide bonds. The van der Waals surface area contributed by atoms with Crippen molar-refractivity contribution < 1.29 is 14.6 Å². The molecule has 1 rings (SSSR count). The molecule has 1 aromatic carbocycles. The van der Waals surface area contributed by atoms with E-state index in [0.717, 1.165) is 12.0 Å². The Morgan fingerprint density at radius 1 is 1.35 bits per heavy atom. The molecule has 0 aliphatic carbocycles. The molecule has 3 N–H and O–H groups in total. The first kappa shape index (κ1) is 14.1. The summed E-state index contributed by atoms with van der Waals surface area (Å²) in [6, 6.07) is 6.34. The molecule has 1 aromatic rings. The molecule has 0 fully saturated rings. The van der Waals surface area contributed by atoms with Crippen LogP contribution in [0.5, 0.6) is 0 Å². The molecule has 2 unspecified atom stereocenters. The predicted molar refractivity (Wildman–Crippen MR) is 65.1 cm³/mol. The largest absolute Gasteiger partial charge is 0.393 e. The van der Waals surface area contributed by atoms with Gasteiger partial charge in [0.15, 0.2) is 0 Å².